The summed E-state index contributed by atoms with van der Waals surface area (Å²) in [6, 6.07) is 10.1. The molecule has 2 nitrogen and oxygen atoms in total. The Kier molecular flexibility index (Phi) is 1.99. The lowest BCUT2D eigenvalue weighted by Gasteiger charge is -2.08. The van der Waals surface area contributed by atoms with Gasteiger partial charge in [-0.05, 0) is 24.6 Å². The van der Waals surface area contributed by atoms with Gasteiger partial charge in [-0.3, -0.25) is 4.98 Å². The lowest BCUT2D eigenvalue weighted by Crippen LogP contribution is -2.05. The van der Waals surface area contributed by atoms with Crippen LogP contribution in [0.2, 0.25) is 0 Å². The molecule has 0 aliphatic carbocycles. The lowest BCUT2D eigenvalue weighted by molar-refractivity contribution is 0.825. The molecule has 1 aromatic heterocycles. The topological polar surface area (TPSA) is 38.9 Å². The number of nitrogens with two attached hydrogens (primary N) is 1. The summed E-state index contributed by atoms with van der Waals surface area (Å²) in [6.45, 7) is 1.99. The Balaban J connectivity index is 2.76. The van der Waals surface area contributed by atoms with Crippen molar-refractivity contribution >= 4 is 10.9 Å². The lowest BCUT2D eigenvalue weighted by atomic mass is 10.0. The number of hydrogen-bond donors (Lipinski definition) is 1. The molecule has 1 heterocycles. The zero-order valence-electron chi connectivity index (χ0n) is 7.57. The van der Waals surface area contributed by atoms with Crippen LogP contribution >= 0.6 is 0 Å². The molecule has 0 aliphatic rings. The van der Waals surface area contributed by atoms with Gasteiger partial charge in [-0.25, -0.2) is 0 Å². The highest BCUT2D eigenvalue weighted by Crippen LogP contribution is 2.20. The molecular weight excluding hydrogens is 160 g/mol. The van der Waals surface area contributed by atoms with E-state index < -0.39 is 0 Å². The highest BCUT2D eigenvalue weighted by Gasteiger charge is 2.03. The minimum Gasteiger partial charge on any atom is -0.324 e. The van der Waals surface area contributed by atoms with E-state index in [0.717, 1.165) is 16.5 Å². The number of hydrogen-bond acceptors (Lipinski definition) is 2. The van der Waals surface area contributed by atoms with Gasteiger partial charge in [0.15, 0.2) is 0 Å². The normalized spacial score (nSPS) is 13.1. The first kappa shape index (κ1) is 8.20. The maximum absolute atomic E-state index is 5.85. The summed E-state index contributed by atoms with van der Waals surface area (Å²) in [5.74, 6) is 0. The molecular formula is C11H12N2. The second-order valence-electron chi connectivity index (χ2n) is 3.21. The van der Waals surface area contributed by atoms with Gasteiger partial charge in [0.25, 0.3) is 0 Å². The number of para-hydroxylation sites is 1. The van der Waals surface area contributed by atoms with E-state index in [1.807, 2.05) is 31.2 Å². The van der Waals surface area contributed by atoms with Gasteiger partial charge in [-0.2, -0.15) is 0 Å². The zero-order chi connectivity index (χ0) is 9.26. The third kappa shape index (κ3) is 1.40. The maximum Gasteiger partial charge on any atom is 0.0705 e. The molecule has 0 saturated heterocycles. The number of pyridine rings is 1. The fraction of sp³-hybridized carbons (Fsp3) is 0.182. The highest BCUT2D eigenvalue weighted by atomic mass is 14.7. The summed E-state index contributed by atoms with van der Waals surface area (Å²) in [6.07, 6.45) is 1.81. The molecule has 0 spiro atoms. The van der Waals surface area contributed by atoms with Crippen LogP contribution in [0.25, 0.3) is 10.9 Å². The molecule has 0 aliphatic heterocycles. The van der Waals surface area contributed by atoms with Gasteiger partial charge in [0.2, 0.25) is 0 Å². The standard InChI is InChI=1S/C11H12N2/c1-8(12)9-6-7-13-11-5-3-2-4-10(9)11/h2-8H,12H2,1H3. The van der Waals surface area contributed by atoms with Gasteiger partial charge < -0.3 is 5.73 Å². The van der Waals surface area contributed by atoms with Crippen molar-refractivity contribution in [1.29, 1.82) is 0 Å². The Hall–Kier alpha value is -1.41. The second kappa shape index (κ2) is 3.15. The molecule has 2 N–H and O–H groups in total. The van der Waals surface area contributed by atoms with Gasteiger partial charge in [-0.15, -0.1) is 0 Å². The molecule has 13 heavy (non-hydrogen) atoms. The van der Waals surface area contributed by atoms with Crippen LogP contribution in [0.3, 0.4) is 0 Å². The Morgan fingerprint density at radius 1 is 1.23 bits per heavy atom. The van der Waals surface area contributed by atoms with Crippen LogP contribution in [-0.2, 0) is 0 Å². The van der Waals surface area contributed by atoms with Crippen molar-refractivity contribution in [2.45, 2.75) is 13.0 Å². The summed E-state index contributed by atoms with van der Waals surface area (Å²) in [5.41, 5.74) is 8.02. The van der Waals surface area contributed by atoms with Crippen molar-refractivity contribution in [2.75, 3.05) is 0 Å². The molecule has 1 aromatic carbocycles. The molecule has 0 radical (unpaired) electrons. The van der Waals surface area contributed by atoms with Crippen molar-refractivity contribution in [3.63, 3.8) is 0 Å². The Labute approximate surface area is 77.4 Å². The van der Waals surface area contributed by atoms with Crippen LogP contribution in [0.1, 0.15) is 18.5 Å². The first-order valence-electron chi connectivity index (χ1n) is 4.38. The van der Waals surface area contributed by atoms with Crippen LogP contribution in [-0.4, -0.2) is 4.98 Å². The molecule has 2 rings (SSSR count). The third-order valence-corrected chi connectivity index (χ3v) is 2.17. The monoisotopic (exact) mass is 172 g/mol. The van der Waals surface area contributed by atoms with Crippen molar-refractivity contribution in [2.24, 2.45) is 5.73 Å². The number of benzene rings is 1. The molecule has 1 unspecified atom stereocenters. The quantitative estimate of drug-likeness (QED) is 0.716. The van der Waals surface area contributed by atoms with Gasteiger partial charge in [0.05, 0.1) is 5.52 Å². The Morgan fingerprint density at radius 3 is 2.77 bits per heavy atom. The van der Waals surface area contributed by atoms with Crippen molar-refractivity contribution in [3.05, 3.63) is 42.1 Å². The number of aromatic nitrogens is 1. The SMILES string of the molecule is CC(N)c1ccnc2ccccc12. The van der Waals surface area contributed by atoms with E-state index in [1.165, 1.54) is 0 Å². The van der Waals surface area contributed by atoms with E-state index in [-0.39, 0.29) is 6.04 Å². The van der Waals surface area contributed by atoms with Gasteiger partial charge in [0, 0.05) is 17.6 Å². The second-order valence-corrected chi connectivity index (χ2v) is 3.21. The average molecular weight is 172 g/mol. The van der Waals surface area contributed by atoms with E-state index in [2.05, 4.69) is 11.1 Å². The van der Waals surface area contributed by atoms with E-state index in [9.17, 15) is 0 Å². The summed E-state index contributed by atoms with van der Waals surface area (Å²) in [4.78, 5) is 4.27. The molecule has 2 heteroatoms. The Bertz CT molecular complexity index is 416. The summed E-state index contributed by atoms with van der Waals surface area (Å²) >= 11 is 0. The summed E-state index contributed by atoms with van der Waals surface area (Å²) in [7, 11) is 0. The smallest absolute Gasteiger partial charge is 0.0705 e. The van der Waals surface area contributed by atoms with Crippen molar-refractivity contribution in [3.8, 4) is 0 Å². The van der Waals surface area contributed by atoms with Crippen molar-refractivity contribution < 1.29 is 0 Å². The maximum atomic E-state index is 5.85. The molecule has 66 valence electrons. The van der Waals surface area contributed by atoms with Crippen LogP contribution < -0.4 is 5.73 Å². The third-order valence-electron chi connectivity index (χ3n) is 2.17. The number of fused-ring (bicyclic) bond motifs is 1. The fourth-order valence-corrected chi connectivity index (χ4v) is 1.52. The van der Waals surface area contributed by atoms with Gasteiger partial charge in [0.1, 0.15) is 0 Å². The first-order valence-corrected chi connectivity index (χ1v) is 4.38. The molecule has 1 atom stereocenters. The predicted octanol–water partition coefficient (Wildman–Crippen LogP) is 2.25. The largest absolute Gasteiger partial charge is 0.324 e. The summed E-state index contributed by atoms with van der Waals surface area (Å²) in [5, 5.41) is 1.15. The van der Waals surface area contributed by atoms with E-state index in [0.29, 0.717) is 0 Å². The Morgan fingerprint density at radius 2 is 2.00 bits per heavy atom. The van der Waals surface area contributed by atoms with Crippen LogP contribution in [0.5, 0.6) is 0 Å². The number of rotatable bonds is 1. The molecule has 0 saturated carbocycles. The van der Waals surface area contributed by atoms with Crippen LogP contribution in [0, 0.1) is 0 Å². The fourth-order valence-electron chi connectivity index (χ4n) is 1.52. The molecule has 0 fully saturated rings. The van der Waals surface area contributed by atoms with E-state index in [1.54, 1.807) is 6.20 Å². The molecule has 0 amide bonds. The zero-order valence-corrected chi connectivity index (χ0v) is 7.57. The molecule has 0 bridgehead atoms. The average Bonchev–Trinajstić information content (AvgIpc) is 2.17. The minimum absolute atomic E-state index is 0.0629. The van der Waals surface area contributed by atoms with Gasteiger partial charge >= 0.3 is 0 Å². The predicted molar refractivity (Wildman–Crippen MR) is 54.3 cm³/mol. The first-order chi connectivity index (χ1) is 6.29. The van der Waals surface area contributed by atoms with E-state index in [4.69, 9.17) is 5.73 Å². The summed E-state index contributed by atoms with van der Waals surface area (Å²) < 4.78 is 0. The van der Waals surface area contributed by atoms with E-state index >= 15 is 0 Å². The molecule has 2 aromatic rings. The van der Waals surface area contributed by atoms with Crippen LogP contribution in [0.15, 0.2) is 36.5 Å². The minimum atomic E-state index is 0.0629. The van der Waals surface area contributed by atoms with Crippen molar-refractivity contribution in [1.82, 2.24) is 4.98 Å². The number of nitrogens with zero attached hydrogens (tertiary/aromatic N) is 1. The van der Waals surface area contributed by atoms with Gasteiger partial charge in [-0.1, -0.05) is 18.2 Å². The highest BCUT2D eigenvalue weighted by molar-refractivity contribution is 5.82. The van der Waals surface area contributed by atoms with Crippen LogP contribution in [0.4, 0.5) is 0 Å².